The highest BCUT2D eigenvalue weighted by atomic mass is 32.1. The Labute approximate surface area is 86.4 Å². The number of thiol groups is 1. The van der Waals surface area contributed by atoms with Crippen LogP contribution in [-0.2, 0) is 4.74 Å². The van der Waals surface area contributed by atoms with E-state index in [1.807, 2.05) is 0 Å². The molecule has 0 aromatic carbocycles. The molecule has 0 saturated carbocycles. The van der Waals surface area contributed by atoms with Crippen LogP contribution in [0, 0.1) is 0 Å². The van der Waals surface area contributed by atoms with E-state index in [1.165, 1.54) is 0 Å². The van der Waals surface area contributed by atoms with Crippen LogP contribution < -0.4 is 0 Å². The Morgan fingerprint density at radius 3 is 2.85 bits per heavy atom. The van der Waals surface area contributed by atoms with E-state index in [-0.39, 0.29) is 0 Å². The number of rotatable bonds is 4. The van der Waals surface area contributed by atoms with Gasteiger partial charge in [-0.3, -0.25) is 4.90 Å². The standard InChI is InChI=1S/C10H19NOS/c1-9-10(5-7-12-9)11(2)6-3-4-8-13/h3-4,9-10,13H,5-8H2,1-2H3/b4-3+. The zero-order valence-corrected chi connectivity index (χ0v) is 9.33. The lowest BCUT2D eigenvalue weighted by molar-refractivity contribution is 0.0873. The first kappa shape index (κ1) is 11.1. The molecule has 0 radical (unpaired) electrons. The van der Waals surface area contributed by atoms with Gasteiger partial charge in [0.2, 0.25) is 0 Å². The molecule has 2 atom stereocenters. The summed E-state index contributed by atoms with van der Waals surface area (Å²) >= 11 is 4.12. The second-order valence-electron chi connectivity index (χ2n) is 3.53. The molecule has 0 spiro atoms. The molecule has 1 rings (SSSR count). The van der Waals surface area contributed by atoms with Crippen LogP contribution in [0.1, 0.15) is 13.3 Å². The Balaban J connectivity index is 2.29. The first-order chi connectivity index (χ1) is 6.25. The van der Waals surface area contributed by atoms with Gasteiger partial charge in [0.25, 0.3) is 0 Å². The summed E-state index contributed by atoms with van der Waals surface area (Å²) in [5.74, 6) is 0.824. The van der Waals surface area contributed by atoms with Crippen molar-refractivity contribution >= 4 is 12.6 Å². The third kappa shape index (κ3) is 3.33. The quantitative estimate of drug-likeness (QED) is 0.548. The molecule has 3 heteroatoms. The zero-order valence-electron chi connectivity index (χ0n) is 8.44. The largest absolute Gasteiger partial charge is 0.377 e. The van der Waals surface area contributed by atoms with Crippen molar-refractivity contribution in [2.24, 2.45) is 0 Å². The van der Waals surface area contributed by atoms with Gasteiger partial charge in [0.1, 0.15) is 0 Å². The first-order valence-electron chi connectivity index (χ1n) is 4.83. The molecule has 13 heavy (non-hydrogen) atoms. The van der Waals surface area contributed by atoms with Crippen LogP contribution in [0.15, 0.2) is 12.2 Å². The van der Waals surface area contributed by atoms with E-state index in [0.717, 1.165) is 25.3 Å². The highest BCUT2D eigenvalue weighted by Gasteiger charge is 2.26. The Hall–Kier alpha value is 0.01000. The highest BCUT2D eigenvalue weighted by molar-refractivity contribution is 7.80. The topological polar surface area (TPSA) is 12.5 Å². The molecular formula is C10H19NOS. The van der Waals surface area contributed by atoms with Gasteiger partial charge in [0.15, 0.2) is 0 Å². The average molecular weight is 201 g/mol. The Bertz CT molecular complexity index is 172. The molecule has 76 valence electrons. The molecule has 0 aromatic rings. The van der Waals surface area contributed by atoms with Crippen LogP contribution in [0.3, 0.4) is 0 Å². The van der Waals surface area contributed by atoms with Crippen LogP contribution in [0.5, 0.6) is 0 Å². The van der Waals surface area contributed by atoms with Crippen molar-refractivity contribution in [2.45, 2.75) is 25.5 Å². The molecular weight excluding hydrogens is 182 g/mol. The van der Waals surface area contributed by atoms with Gasteiger partial charge in [-0.1, -0.05) is 12.2 Å². The van der Waals surface area contributed by atoms with Gasteiger partial charge in [-0.15, -0.1) is 0 Å². The number of hydrogen-bond donors (Lipinski definition) is 1. The summed E-state index contributed by atoms with van der Waals surface area (Å²) in [4.78, 5) is 2.34. The van der Waals surface area contributed by atoms with Gasteiger partial charge >= 0.3 is 0 Å². The van der Waals surface area contributed by atoms with Crippen LogP contribution in [0.2, 0.25) is 0 Å². The molecule has 0 aliphatic carbocycles. The van der Waals surface area contributed by atoms with E-state index in [0.29, 0.717) is 12.1 Å². The predicted molar refractivity (Wildman–Crippen MR) is 59.4 cm³/mol. The van der Waals surface area contributed by atoms with Crippen molar-refractivity contribution in [1.29, 1.82) is 0 Å². The predicted octanol–water partition coefficient (Wildman–Crippen LogP) is 1.58. The maximum absolute atomic E-state index is 5.51. The maximum atomic E-state index is 5.51. The first-order valence-corrected chi connectivity index (χ1v) is 5.46. The fourth-order valence-electron chi connectivity index (χ4n) is 1.75. The van der Waals surface area contributed by atoms with Crippen molar-refractivity contribution in [3.05, 3.63) is 12.2 Å². The molecule has 1 saturated heterocycles. The molecule has 2 unspecified atom stereocenters. The lowest BCUT2D eigenvalue weighted by Gasteiger charge is -2.25. The molecule has 0 aromatic heterocycles. The summed E-state index contributed by atoms with van der Waals surface area (Å²) in [6, 6.07) is 0.588. The average Bonchev–Trinajstić information content (AvgIpc) is 2.52. The van der Waals surface area contributed by atoms with Gasteiger partial charge in [-0.2, -0.15) is 12.6 Å². The van der Waals surface area contributed by atoms with Gasteiger partial charge in [0.05, 0.1) is 6.10 Å². The molecule has 1 aliphatic heterocycles. The summed E-state index contributed by atoms with van der Waals surface area (Å²) in [5, 5.41) is 0. The summed E-state index contributed by atoms with van der Waals surface area (Å²) < 4.78 is 5.51. The fourth-order valence-corrected chi connectivity index (χ4v) is 1.90. The van der Waals surface area contributed by atoms with Crippen molar-refractivity contribution in [2.75, 3.05) is 26.0 Å². The van der Waals surface area contributed by atoms with Gasteiger partial charge < -0.3 is 4.74 Å². The molecule has 1 heterocycles. The zero-order chi connectivity index (χ0) is 9.68. The van der Waals surface area contributed by atoms with Crippen LogP contribution >= 0.6 is 12.6 Å². The van der Waals surface area contributed by atoms with Crippen LogP contribution in [0.25, 0.3) is 0 Å². The Morgan fingerprint density at radius 2 is 2.31 bits per heavy atom. The van der Waals surface area contributed by atoms with Crippen molar-refractivity contribution in [1.82, 2.24) is 4.90 Å². The molecule has 2 nitrogen and oxygen atoms in total. The number of ether oxygens (including phenoxy) is 1. The van der Waals surface area contributed by atoms with Gasteiger partial charge in [-0.25, -0.2) is 0 Å². The normalized spacial score (nSPS) is 29.2. The van der Waals surface area contributed by atoms with E-state index in [4.69, 9.17) is 4.74 Å². The second-order valence-corrected chi connectivity index (χ2v) is 3.89. The molecule has 1 fully saturated rings. The third-order valence-corrected chi connectivity index (χ3v) is 2.78. The minimum atomic E-state index is 0.384. The minimum Gasteiger partial charge on any atom is -0.377 e. The Kier molecular flexibility index (Phi) is 4.84. The van der Waals surface area contributed by atoms with E-state index in [1.54, 1.807) is 0 Å². The van der Waals surface area contributed by atoms with Gasteiger partial charge in [-0.05, 0) is 20.4 Å². The third-order valence-electron chi connectivity index (χ3n) is 2.57. The van der Waals surface area contributed by atoms with E-state index >= 15 is 0 Å². The monoisotopic (exact) mass is 201 g/mol. The van der Waals surface area contributed by atoms with Crippen molar-refractivity contribution in [3.8, 4) is 0 Å². The van der Waals surface area contributed by atoms with Crippen molar-refractivity contribution < 1.29 is 4.74 Å². The van der Waals surface area contributed by atoms with E-state index in [9.17, 15) is 0 Å². The van der Waals surface area contributed by atoms with Gasteiger partial charge in [0, 0.05) is 24.9 Å². The number of nitrogens with zero attached hydrogens (tertiary/aromatic N) is 1. The lowest BCUT2D eigenvalue weighted by atomic mass is 10.1. The second kappa shape index (κ2) is 5.68. The molecule has 0 bridgehead atoms. The summed E-state index contributed by atoms with van der Waals surface area (Å²) in [6.07, 6.45) is 5.79. The van der Waals surface area contributed by atoms with Crippen LogP contribution in [-0.4, -0.2) is 43.0 Å². The SMILES string of the molecule is CC1OCCC1N(C)C/C=C/CS. The smallest absolute Gasteiger partial charge is 0.0703 e. The molecule has 0 N–H and O–H groups in total. The molecule has 1 aliphatic rings. The summed E-state index contributed by atoms with van der Waals surface area (Å²) in [7, 11) is 2.15. The highest BCUT2D eigenvalue weighted by Crippen LogP contribution is 2.17. The van der Waals surface area contributed by atoms with E-state index < -0.39 is 0 Å². The van der Waals surface area contributed by atoms with Crippen molar-refractivity contribution in [3.63, 3.8) is 0 Å². The Morgan fingerprint density at radius 1 is 1.54 bits per heavy atom. The summed E-state index contributed by atoms with van der Waals surface area (Å²) in [6.45, 7) is 4.06. The van der Waals surface area contributed by atoms with Crippen LogP contribution in [0.4, 0.5) is 0 Å². The summed E-state index contributed by atoms with van der Waals surface area (Å²) in [5.41, 5.74) is 0. The number of hydrogen-bond acceptors (Lipinski definition) is 3. The molecule has 0 amide bonds. The minimum absolute atomic E-state index is 0.384. The maximum Gasteiger partial charge on any atom is 0.0703 e. The fraction of sp³-hybridized carbons (Fsp3) is 0.800. The lowest BCUT2D eigenvalue weighted by Crippen LogP contribution is -2.36. The number of likely N-dealkylation sites (N-methyl/N-ethyl adjacent to an activating group) is 1. The van der Waals surface area contributed by atoms with E-state index in [2.05, 4.69) is 43.7 Å².